The Kier molecular flexibility index (Phi) is 8.89. The number of benzene rings is 2. The number of rotatable bonds is 9. The van der Waals surface area contributed by atoms with Crippen LogP contribution in [0.5, 0.6) is 0 Å². The summed E-state index contributed by atoms with van der Waals surface area (Å²) < 4.78 is 5.74. The second kappa shape index (κ2) is 12.1. The zero-order valence-corrected chi connectivity index (χ0v) is 18.9. The Morgan fingerprint density at radius 3 is 2.66 bits per heavy atom. The molecule has 0 saturated carbocycles. The van der Waals surface area contributed by atoms with Crippen LogP contribution < -0.4 is 11.1 Å². The lowest BCUT2D eigenvalue weighted by Gasteiger charge is -2.23. The number of nitrogens with one attached hydrogen (secondary N) is 1. The van der Waals surface area contributed by atoms with Gasteiger partial charge in [0.1, 0.15) is 0 Å². The summed E-state index contributed by atoms with van der Waals surface area (Å²) in [6.07, 6.45) is 6.48. The molecule has 0 aliphatic carbocycles. The molecule has 5 nitrogen and oxygen atoms in total. The van der Waals surface area contributed by atoms with Gasteiger partial charge in [0.05, 0.1) is 17.7 Å². The quantitative estimate of drug-likeness (QED) is 0.555. The van der Waals surface area contributed by atoms with Crippen LogP contribution in [0.1, 0.15) is 56.6 Å². The number of hydrogen-bond acceptors (Lipinski definition) is 4. The van der Waals surface area contributed by atoms with Crippen LogP contribution in [0, 0.1) is 11.3 Å². The van der Waals surface area contributed by atoms with Gasteiger partial charge >= 0.3 is 0 Å². The summed E-state index contributed by atoms with van der Waals surface area (Å²) in [7, 11) is 0. The monoisotopic (exact) mass is 431 g/mol. The normalized spacial score (nSPS) is 16.7. The molecule has 3 N–H and O–H groups in total. The number of carbonyl (C=O) groups is 1. The molecule has 1 saturated heterocycles. The first-order chi connectivity index (χ1) is 15.6. The first-order valence-corrected chi connectivity index (χ1v) is 11.6. The van der Waals surface area contributed by atoms with Crippen molar-refractivity contribution in [3.05, 3.63) is 70.9 Å². The van der Waals surface area contributed by atoms with Crippen LogP contribution in [0.4, 0.5) is 0 Å². The van der Waals surface area contributed by atoms with Crippen molar-refractivity contribution in [3.8, 4) is 17.2 Å². The highest BCUT2D eigenvalue weighted by molar-refractivity contribution is 5.94. The van der Waals surface area contributed by atoms with E-state index in [4.69, 9.17) is 10.5 Å². The summed E-state index contributed by atoms with van der Waals surface area (Å²) in [4.78, 5) is 13.0. The van der Waals surface area contributed by atoms with Crippen LogP contribution in [0.2, 0.25) is 0 Å². The molecule has 0 bridgehead atoms. The molecule has 1 unspecified atom stereocenters. The van der Waals surface area contributed by atoms with Gasteiger partial charge in [0.2, 0.25) is 5.91 Å². The average molecular weight is 432 g/mol. The van der Waals surface area contributed by atoms with Crippen molar-refractivity contribution in [3.63, 3.8) is 0 Å². The van der Waals surface area contributed by atoms with Crippen LogP contribution in [0.15, 0.2) is 59.8 Å². The summed E-state index contributed by atoms with van der Waals surface area (Å²) in [5.74, 6) is -0.105. The van der Waals surface area contributed by atoms with E-state index in [1.165, 1.54) is 0 Å². The summed E-state index contributed by atoms with van der Waals surface area (Å²) >= 11 is 0. The molecule has 168 valence electrons. The van der Waals surface area contributed by atoms with Gasteiger partial charge in [0, 0.05) is 30.8 Å². The van der Waals surface area contributed by atoms with Gasteiger partial charge in [0.15, 0.2) is 0 Å². The highest BCUT2D eigenvalue weighted by atomic mass is 16.5. The molecule has 1 atom stereocenters. The molecule has 2 aromatic rings. The maximum absolute atomic E-state index is 13.0. The minimum absolute atomic E-state index is 0.0882. The Morgan fingerprint density at radius 1 is 1.19 bits per heavy atom. The van der Waals surface area contributed by atoms with E-state index in [2.05, 4.69) is 18.3 Å². The molecule has 5 heteroatoms. The van der Waals surface area contributed by atoms with Crippen molar-refractivity contribution >= 4 is 5.91 Å². The summed E-state index contributed by atoms with van der Waals surface area (Å²) in [5.41, 5.74) is 11.2. The molecule has 32 heavy (non-hydrogen) atoms. The van der Waals surface area contributed by atoms with Crippen molar-refractivity contribution in [1.82, 2.24) is 5.32 Å². The SMILES string of the molecule is CCCC/C(N)=C(\Cc1ccc(-c2ccccc2C#N)cc1)C(=O)NCC1CCCCO1. The summed E-state index contributed by atoms with van der Waals surface area (Å²) in [5, 5.41) is 12.4. The van der Waals surface area contributed by atoms with Crippen molar-refractivity contribution < 1.29 is 9.53 Å². The third-order valence-corrected chi connectivity index (χ3v) is 5.92. The fourth-order valence-electron chi connectivity index (χ4n) is 3.98. The number of carbonyl (C=O) groups excluding carboxylic acids is 1. The van der Waals surface area contributed by atoms with Gasteiger partial charge in [-0.2, -0.15) is 5.26 Å². The zero-order valence-electron chi connectivity index (χ0n) is 18.9. The number of nitriles is 1. The molecular weight excluding hydrogens is 398 g/mol. The fraction of sp³-hybridized carbons (Fsp3) is 0.407. The Bertz CT molecular complexity index is 967. The third-order valence-electron chi connectivity index (χ3n) is 5.92. The molecule has 1 amide bonds. The fourth-order valence-corrected chi connectivity index (χ4v) is 3.98. The Labute approximate surface area is 191 Å². The Morgan fingerprint density at radius 2 is 1.97 bits per heavy atom. The number of ether oxygens (including phenoxy) is 1. The Balaban J connectivity index is 1.74. The van der Waals surface area contributed by atoms with Gasteiger partial charge in [-0.3, -0.25) is 4.79 Å². The lowest BCUT2D eigenvalue weighted by Crippen LogP contribution is -2.37. The second-order valence-corrected chi connectivity index (χ2v) is 8.34. The summed E-state index contributed by atoms with van der Waals surface area (Å²) in [6.45, 7) is 3.40. The lowest BCUT2D eigenvalue weighted by molar-refractivity contribution is -0.118. The highest BCUT2D eigenvalue weighted by Gasteiger charge is 2.18. The summed E-state index contributed by atoms with van der Waals surface area (Å²) in [6, 6.07) is 17.8. The molecule has 3 rings (SSSR count). The first-order valence-electron chi connectivity index (χ1n) is 11.6. The number of amides is 1. The van der Waals surface area contributed by atoms with Gasteiger partial charge in [-0.25, -0.2) is 0 Å². The molecule has 2 aromatic carbocycles. The number of unbranched alkanes of at least 4 members (excludes halogenated alkanes) is 1. The van der Waals surface area contributed by atoms with Crippen molar-refractivity contribution in [1.29, 1.82) is 5.26 Å². The van der Waals surface area contributed by atoms with Crippen molar-refractivity contribution in [2.75, 3.05) is 13.2 Å². The van der Waals surface area contributed by atoms with Gasteiger partial charge < -0.3 is 15.8 Å². The third kappa shape index (κ3) is 6.45. The topological polar surface area (TPSA) is 88.1 Å². The zero-order chi connectivity index (χ0) is 22.8. The smallest absolute Gasteiger partial charge is 0.249 e. The van der Waals surface area contributed by atoms with Gasteiger partial charge in [-0.1, -0.05) is 55.8 Å². The molecular formula is C27H33N3O2. The standard InChI is InChI=1S/C27H33N3O2/c1-2-3-11-26(29)25(27(31)30-19-23-9-6-7-16-32-23)17-20-12-14-21(15-13-20)24-10-5-4-8-22(24)18-28/h4-5,8,10,12-15,23H,2-3,6-7,9,11,16-17,19,29H2,1H3,(H,30,31)/b26-25-. The highest BCUT2D eigenvalue weighted by Crippen LogP contribution is 2.24. The van der Waals surface area contributed by atoms with Gasteiger partial charge in [-0.15, -0.1) is 0 Å². The average Bonchev–Trinajstić information content (AvgIpc) is 2.85. The lowest BCUT2D eigenvalue weighted by atomic mass is 9.96. The van der Waals surface area contributed by atoms with Crippen molar-refractivity contribution in [2.24, 2.45) is 5.73 Å². The van der Waals surface area contributed by atoms with E-state index in [1.54, 1.807) is 0 Å². The van der Waals surface area contributed by atoms with E-state index in [0.717, 1.165) is 55.4 Å². The maximum Gasteiger partial charge on any atom is 0.249 e. The largest absolute Gasteiger partial charge is 0.402 e. The maximum atomic E-state index is 13.0. The van der Waals surface area contributed by atoms with E-state index >= 15 is 0 Å². The first kappa shape index (κ1) is 23.6. The molecule has 0 radical (unpaired) electrons. The Hall–Kier alpha value is -3.10. The van der Waals surface area contributed by atoms with Crippen molar-refractivity contribution in [2.45, 2.75) is 58.0 Å². The molecule has 0 aromatic heterocycles. The minimum atomic E-state index is -0.105. The number of nitrogens with two attached hydrogens (primary N) is 1. The molecule has 0 spiro atoms. The minimum Gasteiger partial charge on any atom is -0.402 e. The van der Waals surface area contributed by atoms with Crippen LogP contribution in [-0.4, -0.2) is 25.2 Å². The predicted octanol–water partition coefficient (Wildman–Crippen LogP) is 4.86. The number of allylic oxidation sites excluding steroid dienone is 1. The molecule has 1 heterocycles. The second-order valence-electron chi connectivity index (χ2n) is 8.34. The molecule has 1 aliphatic rings. The van der Waals surface area contributed by atoms with E-state index < -0.39 is 0 Å². The van der Waals surface area contributed by atoms with Crippen LogP contribution in [-0.2, 0) is 16.0 Å². The van der Waals surface area contributed by atoms with Crippen LogP contribution in [0.3, 0.4) is 0 Å². The molecule has 1 aliphatic heterocycles. The molecule has 1 fully saturated rings. The number of nitrogens with zero attached hydrogens (tertiary/aromatic N) is 1. The van der Waals surface area contributed by atoms with Crippen LogP contribution in [0.25, 0.3) is 11.1 Å². The van der Waals surface area contributed by atoms with Gasteiger partial charge in [-0.05, 0) is 54.9 Å². The van der Waals surface area contributed by atoms with E-state index in [9.17, 15) is 10.1 Å². The van der Waals surface area contributed by atoms with E-state index in [1.807, 2.05) is 48.5 Å². The van der Waals surface area contributed by atoms with E-state index in [0.29, 0.717) is 36.2 Å². The van der Waals surface area contributed by atoms with E-state index in [-0.39, 0.29) is 12.0 Å². The predicted molar refractivity (Wildman–Crippen MR) is 128 cm³/mol. The number of hydrogen-bond donors (Lipinski definition) is 2. The van der Waals surface area contributed by atoms with Crippen LogP contribution >= 0.6 is 0 Å². The van der Waals surface area contributed by atoms with Gasteiger partial charge in [0.25, 0.3) is 0 Å².